The maximum absolute atomic E-state index is 10.1. The van der Waals surface area contributed by atoms with Crippen LogP contribution in [0.15, 0.2) is 0 Å². The molecule has 1 aliphatic heterocycles. The molecule has 0 aromatic rings. The maximum Gasteiger partial charge on any atom is 0.120 e. The van der Waals surface area contributed by atoms with Crippen molar-refractivity contribution >= 4 is 6.29 Å². The Kier molecular flexibility index (Phi) is 4.25. The summed E-state index contributed by atoms with van der Waals surface area (Å²) in [6.45, 7) is 1.97. The fourth-order valence-electron chi connectivity index (χ4n) is 1.62. The molecule has 0 aromatic heterocycles. The first kappa shape index (κ1) is 9.68. The largest absolute Gasteiger partial charge is 0.378 e. The summed E-state index contributed by atoms with van der Waals surface area (Å²) in [6.07, 6.45) is 5.16. The average Bonchev–Trinajstić information content (AvgIpc) is 2.15. The van der Waals surface area contributed by atoms with Crippen molar-refractivity contribution in [2.24, 2.45) is 0 Å². The number of piperidine rings is 1. The Hall–Kier alpha value is -0.410. The van der Waals surface area contributed by atoms with Crippen LogP contribution in [-0.2, 0) is 4.79 Å². The zero-order valence-electron chi connectivity index (χ0n) is 7.41. The number of likely N-dealkylation sites (tertiary alicyclic amines) is 1. The molecule has 1 N–H and O–H groups in total. The zero-order valence-corrected chi connectivity index (χ0v) is 7.41. The molecule has 3 heteroatoms. The van der Waals surface area contributed by atoms with Gasteiger partial charge in [0.2, 0.25) is 0 Å². The molecule has 70 valence electrons. The lowest BCUT2D eigenvalue weighted by atomic mass is 10.1. The zero-order chi connectivity index (χ0) is 8.81. The van der Waals surface area contributed by atoms with Gasteiger partial charge >= 0.3 is 0 Å². The van der Waals surface area contributed by atoms with Gasteiger partial charge in [0.25, 0.3) is 0 Å². The van der Waals surface area contributed by atoms with E-state index in [-0.39, 0.29) is 0 Å². The minimum Gasteiger partial charge on any atom is -0.378 e. The van der Waals surface area contributed by atoms with E-state index in [9.17, 15) is 9.90 Å². The molecule has 1 heterocycles. The fourth-order valence-corrected chi connectivity index (χ4v) is 1.62. The normalized spacial score (nSPS) is 22.1. The van der Waals surface area contributed by atoms with Gasteiger partial charge in [0, 0.05) is 19.5 Å². The van der Waals surface area contributed by atoms with E-state index in [2.05, 4.69) is 4.90 Å². The van der Waals surface area contributed by atoms with Crippen LogP contribution in [0.4, 0.5) is 0 Å². The minimum atomic E-state index is -0.393. The molecule has 1 aliphatic rings. The topological polar surface area (TPSA) is 40.5 Å². The Morgan fingerprint density at radius 1 is 1.33 bits per heavy atom. The van der Waals surface area contributed by atoms with E-state index in [0.29, 0.717) is 12.8 Å². The number of carbonyl (C=O) groups excluding carboxylic acids is 1. The van der Waals surface area contributed by atoms with Gasteiger partial charge in [-0.3, -0.25) is 4.90 Å². The molecule has 1 fully saturated rings. The standard InChI is InChI=1S/C9H17NO2/c11-8-4-5-9(12)10-6-2-1-3-7-10/h8-9,12H,1-7H2. The molecule has 3 nitrogen and oxygen atoms in total. The number of aliphatic hydroxyl groups is 1. The van der Waals surface area contributed by atoms with Crippen LogP contribution in [0.2, 0.25) is 0 Å². The Balaban J connectivity index is 2.19. The van der Waals surface area contributed by atoms with Crippen LogP contribution >= 0.6 is 0 Å². The summed E-state index contributed by atoms with van der Waals surface area (Å²) >= 11 is 0. The molecule has 0 bridgehead atoms. The van der Waals surface area contributed by atoms with Gasteiger partial charge in [-0.25, -0.2) is 0 Å². The Morgan fingerprint density at radius 2 is 2.00 bits per heavy atom. The van der Waals surface area contributed by atoms with Crippen molar-refractivity contribution in [2.75, 3.05) is 13.1 Å². The summed E-state index contributed by atoms with van der Waals surface area (Å²) < 4.78 is 0. The number of hydrogen-bond acceptors (Lipinski definition) is 3. The lowest BCUT2D eigenvalue weighted by Gasteiger charge is -2.30. The van der Waals surface area contributed by atoms with E-state index in [1.165, 1.54) is 19.3 Å². The lowest BCUT2D eigenvalue weighted by Crippen LogP contribution is -2.39. The summed E-state index contributed by atoms with van der Waals surface area (Å²) in [5, 5.41) is 9.57. The highest BCUT2D eigenvalue weighted by Gasteiger charge is 2.16. The third-order valence-electron chi connectivity index (χ3n) is 2.35. The molecule has 1 atom stereocenters. The molecule has 12 heavy (non-hydrogen) atoms. The van der Waals surface area contributed by atoms with Crippen LogP contribution in [0.25, 0.3) is 0 Å². The molecular formula is C9H17NO2. The summed E-state index contributed by atoms with van der Waals surface area (Å²) in [7, 11) is 0. The summed E-state index contributed by atoms with van der Waals surface area (Å²) in [6, 6.07) is 0. The number of aliphatic hydroxyl groups excluding tert-OH is 1. The number of carbonyl (C=O) groups is 1. The van der Waals surface area contributed by atoms with E-state index >= 15 is 0 Å². The van der Waals surface area contributed by atoms with Gasteiger partial charge in [0.1, 0.15) is 12.5 Å². The molecule has 0 aliphatic carbocycles. The molecular weight excluding hydrogens is 154 g/mol. The van der Waals surface area contributed by atoms with Gasteiger partial charge in [-0.15, -0.1) is 0 Å². The van der Waals surface area contributed by atoms with Crippen LogP contribution in [0.5, 0.6) is 0 Å². The van der Waals surface area contributed by atoms with Crippen LogP contribution < -0.4 is 0 Å². The van der Waals surface area contributed by atoms with Crippen LogP contribution in [0.3, 0.4) is 0 Å². The SMILES string of the molecule is O=CCCC(O)N1CCCCC1. The first-order chi connectivity index (χ1) is 5.84. The highest BCUT2D eigenvalue weighted by Crippen LogP contribution is 2.12. The second-order valence-electron chi connectivity index (χ2n) is 3.32. The van der Waals surface area contributed by atoms with Crippen molar-refractivity contribution in [3.05, 3.63) is 0 Å². The van der Waals surface area contributed by atoms with Gasteiger partial charge in [-0.1, -0.05) is 6.42 Å². The van der Waals surface area contributed by atoms with E-state index in [0.717, 1.165) is 19.4 Å². The smallest absolute Gasteiger partial charge is 0.120 e. The van der Waals surface area contributed by atoms with E-state index in [1.54, 1.807) is 0 Å². The molecule has 0 amide bonds. The van der Waals surface area contributed by atoms with E-state index in [1.807, 2.05) is 0 Å². The Morgan fingerprint density at radius 3 is 2.58 bits per heavy atom. The van der Waals surface area contributed by atoms with Crippen molar-refractivity contribution < 1.29 is 9.90 Å². The van der Waals surface area contributed by atoms with Crippen molar-refractivity contribution in [3.63, 3.8) is 0 Å². The van der Waals surface area contributed by atoms with E-state index in [4.69, 9.17) is 0 Å². The fraction of sp³-hybridized carbons (Fsp3) is 0.889. The second kappa shape index (κ2) is 5.27. The average molecular weight is 171 g/mol. The molecule has 0 aromatic carbocycles. The number of nitrogens with zero attached hydrogens (tertiary/aromatic N) is 1. The first-order valence-corrected chi connectivity index (χ1v) is 4.70. The van der Waals surface area contributed by atoms with Crippen LogP contribution in [0, 0.1) is 0 Å². The van der Waals surface area contributed by atoms with Gasteiger partial charge < -0.3 is 9.90 Å². The van der Waals surface area contributed by atoms with Crippen molar-refractivity contribution in [1.29, 1.82) is 0 Å². The summed E-state index contributed by atoms with van der Waals surface area (Å²) in [5.74, 6) is 0. The summed E-state index contributed by atoms with van der Waals surface area (Å²) in [5.41, 5.74) is 0. The quantitative estimate of drug-likeness (QED) is 0.635. The van der Waals surface area contributed by atoms with Gasteiger partial charge in [0.05, 0.1) is 0 Å². The van der Waals surface area contributed by atoms with Gasteiger partial charge in [-0.05, 0) is 19.3 Å². The van der Waals surface area contributed by atoms with Gasteiger partial charge in [-0.2, -0.15) is 0 Å². The van der Waals surface area contributed by atoms with Crippen molar-refractivity contribution in [1.82, 2.24) is 4.90 Å². The highest BCUT2D eigenvalue weighted by molar-refractivity contribution is 5.49. The van der Waals surface area contributed by atoms with Crippen molar-refractivity contribution in [3.8, 4) is 0 Å². The predicted octanol–water partition coefficient (Wildman–Crippen LogP) is 0.770. The maximum atomic E-state index is 10.1. The van der Waals surface area contributed by atoms with E-state index < -0.39 is 6.23 Å². The number of rotatable bonds is 4. The molecule has 1 unspecified atom stereocenters. The highest BCUT2D eigenvalue weighted by atomic mass is 16.3. The number of aldehydes is 1. The first-order valence-electron chi connectivity index (χ1n) is 4.70. The number of hydrogen-bond donors (Lipinski definition) is 1. The predicted molar refractivity (Wildman–Crippen MR) is 46.7 cm³/mol. The summed E-state index contributed by atoms with van der Waals surface area (Å²) in [4.78, 5) is 12.1. The second-order valence-corrected chi connectivity index (χ2v) is 3.32. The van der Waals surface area contributed by atoms with Crippen molar-refractivity contribution in [2.45, 2.75) is 38.3 Å². The third-order valence-corrected chi connectivity index (χ3v) is 2.35. The molecule has 0 saturated carbocycles. The lowest BCUT2D eigenvalue weighted by molar-refractivity contribution is -0.109. The van der Waals surface area contributed by atoms with Crippen LogP contribution in [0.1, 0.15) is 32.1 Å². The Labute approximate surface area is 73.4 Å². The molecule has 0 radical (unpaired) electrons. The van der Waals surface area contributed by atoms with Gasteiger partial charge in [0.15, 0.2) is 0 Å². The molecule has 0 spiro atoms. The Bertz CT molecular complexity index is 132. The minimum absolute atomic E-state index is 0.393. The molecule has 1 saturated heterocycles. The molecule has 1 rings (SSSR count). The van der Waals surface area contributed by atoms with Crippen LogP contribution in [-0.4, -0.2) is 35.6 Å². The third kappa shape index (κ3) is 2.91. The monoisotopic (exact) mass is 171 g/mol.